The van der Waals surface area contributed by atoms with Crippen molar-refractivity contribution in [2.24, 2.45) is 5.92 Å². The first-order valence-corrected chi connectivity index (χ1v) is 5.95. The molecule has 1 amide bonds. The van der Waals surface area contributed by atoms with Crippen LogP contribution in [0.1, 0.15) is 40.0 Å². The van der Waals surface area contributed by atoms with Crippen molar-refractivity contribution in [1.82, 2.24) is 5.32 Å². The van der Waals surface area contributed by atoms with Crippen LogP contribution in [0.3, 0.4) is 0 Å². The van der Waals surface area contributed by atoms with Crippen LogP contribution in [0, 0.1) is 5.92 Å². The molecule has 2 N–H and O–H groups in total. The zero-order valence-electron chi connectivity index (χ0n) is 10.6. The van der Waals surface area contributed by atoms with E-state index in [0.717, 1.165) is 19.3 Å². The van der Waals surface area contributed by atoms with E-state index in [2.05, 4.69) is 12.2 Å². The molecule has 4 nitrogen and oxygen atoms in total. The van der Waals surface area contributed by atoms with Crippen molar-refractivity contribution in [2.75, 3.05) is 7.11 Å². The van der Waals surface area contributed by atoms with Crippen LogP contribution in [-0.4, -0.2) is 35.9 Å². The van der Waals surface area contributed by atoms with Gasteiger partial charge in [0.25, 0.3) is 5.91 Å². The third kappa shape index (κ3) is 2.95. The maximum atomic E-state index is 11.9. The van der Waals surface area contributed by atoms with Crippen molar-refractivity contribution in [3.05, 3.63) is 0 Å². The summed E-state index contributed by atoms with van der Waals surface area (Å²) in [5, 5.41) is 12.3. The third-order valence-electron chi connectivity index (χ3n) is 3.53. The summed E-state index contributed by atoms with van der Waals surface area (Å²) in [6.45, 7) is 5.56. The Morgan fingerprint density at radius 1 is 1.56 bits per heavy atom. The van der Waals surface area contributed by atoms with Gasteiger partial charge < -0.3 is 15.2 Å². The average molecular weight is 229 g/mol. The van der Waals surface area contributed by atoms with Crippen LogP contribution in [0.5, 0.6) is 0 Å². The number of amides is 1. The lowest BCUT2D eigenvalue weighted by atomic mass is 9.76. The first-order chi connectivity index (χ1) is 7.40. The minimum atomic E-state index is -0.782. The molecule has 0 spiro atoms. The van der Waals surface area contributed by atoms with Crippen molar-refractivity contribution in [1.29, 1.82) is 0 Å². The van der Waals surface area contributed by atoms with Gasteiger partial charge in [-0.25, -0.2) is 0 Å². The van der Waals surface area contributed by atoms with Gasteiger partial charge in [0, 0.05) is 13.2 Å². The molecule has 0 aromatic carbocycles. The third-order valence-corrected chi connectivity index (χ3v) is 3.53. The molecule has 1 rings (SSSR count). The number of methoxy groups -OCH3 is 1. The number of carbonyl (C=O) groups is 1. The average Bonchev–Trinajstić information content (AvgIpc) is 2.21. The second-order valence-corrected chi connectivity index (χ2v) is 5.09. The molecular weight excluding hydrogens is 206 g/mol. The number of nitrogens with one attached hydrogen (secondary N) is 1. The minimum absolute atomic E-state index is 0.0803. The lowest BCUT2D eigenvalue weighted by Gasteiger charge is -2.38. The number of aliphatic hydroxyl groups excluding tert-OH is 1. The van der Waals surface area contributed by atoms with Crippen LogP contribution in [-0.2, 0) is 9.53 Å². The first kappa shape index (κ1) is 13.5. The minimum Gasteiger partial charge on any atom is -0.393 e. The Morgan fingerprint density at radius 2 is 2.12 bits per heavy atom. The molecule has 1 atom stereocenters. The van der Waals surface area contributed by atoms with Gasteiger partial charge >= 0.3 is 0 Å². The Morgan fingerprint density at radius 3 is 2.50 bits per heavy atom. The van der Waals surface area contributed by atoms with Gasteiger partial charge in [0.1, 0.15) is 5.60 Å². The highest BCUT2D eigenvalue weighted by atomic mass is 16.5. The highest BCUT2D eigenvalue weighted by molar-refractivity contribution is 5.84. The van der Waals surface area contributed by atoms with E-state index >= 15 is 0 Å². The monoisotopic (exact) mass is 229 g/mol. The molecule has 16 heavy (non-hydrogen) atoms. The fraction of sp³-hybridized carbons (Fsp3) is 0.917. The molecule has 0 heterocycles. The summed E-state index contributed by atoms with van der Waals surface area (Å²) in [5.41, 5.74) is -0.782. The first-order valence-electron chi connectivity index (χ1n) is 5.95. The molecule has 1 fully saturated rings. The molecule has 0 bridgehead atoms. The van der Waals surface area contributed by atoms with Crippen LogP contribution >= 0.6 is 0 Å². The Hall–Kier alpha value is -0.610. The molecule has 4 heteroatoms. The molecule has 0 aromatic heterocycles. The van der Waals surface area contributed by atoms with Gasteiger partial charge in [-0.15, -0.1) is 0 Å². The largest absolute Gasteiger partial charge is 0.393 e. The Labute approximate surface area is 97.4 Å². The van der Waals surface area contributed by atoms with E-state index in [9.17, 15) is 9.90 Å². The summed E-state index contributed by atoms with van der Waals surface area (Å²) in [4.78, 5) is 11.9. The second kappa shape index (κ2) is 5.15. The fourth-order valence-corrected chi connectivity index (χ4v) is 1.95. The van der Waals surface area contributed by atoms with Crippen molar-refractivity contribution < 1.29 is 14.6 Å². The molecule has 0 aliphatic heterocycles. The van der Waals surface area contributed by atoms with Crippen LogP contribution in [0.25, 0.3) is 0 Å². The Balaban J connectivity index is 2.47. The smallest absolute Gasteiger partial charge is 0.251 e. The number of aliphatic hydroxyl groups is 1. The molecule has 1 unspecified atom stereocenters. The van der Waals surface area contributed by atoms with E-state index in [1.807, 2.05) is 0 Å². The van der Waals surface area contributed by atoms with E-state index in [1.54, 1.807) is 13.8 Å². The van der Waals surface area contributed by atoms with E-state index in [-0.39, 0.29) is 18.1 Å². The highest BCUT2D eigenvalue weighted by Gasteiger charge is 2.36. The molecular formula is C12H23NO3. The van der Waals surface area contributed by atoms with Crippen molar-refractivity contribution in [3.63, 3.8) is 0 Å². The summed E-state index contributed by atoms with van der Waals surface area (Å²) >= 11 is 0. The standard InChI is InChI=1S/C12H23NO3/c1-5-10(8-6-9(14)7-8)13-11(15)12(2,3)16-4/h8-10,14H,5-7H2,1-4H3,(H,13,15). The number of carbonyl (C=O) groups excluding carboxylic acids is 1. The number of rotatable bonds is 5. The Kier molecular flexibility index (Phi) is 4.33. The van der Waals surface area contributed by atoms with Crippen molar-refractivity contribution >= 4 is 5.91 Å². The quantitative estimate of drug-likeness (QED) is 0.741. The second-order valence-electron chi connectivity index (χ2n) is 5.09. The summed E-state index contributed by atoms with van der Waals surface area (Å²) in [7, 11) is 1.54. The van der Waals surface area contributed by atoms with Gasteiger partial charge in [-0.2, -0.15) is 0 Å². The van der Waals surface area contributed by atoms with Crippen LogP contribution in [0.2, 0.25) is 0 Å². The molecule has 0 saturated heterocycles. The SMILES string of the molecule is CCC(NC(=O)C(C)(C)OC)C1CC(O)C1. The van der Waals surface area contributed by atoms with Crippen molar-refractivity contribution in [3.8, 4) is 0 Å². The van der Waals surface area contributed by atoms with Gasteiger partial charge in [0.05, 0.1) is 6.10 Å². The van der Waals surface area contributed by atoms with Gasteiger partial charge in [0.2, 0.25) is 0 Å². The predicted molar refractivity (Wildman–Crippen MR) is 62.0 cm³/mol. The molecule has 94 valence electrons. The van der Waals surface area contributed by atoms with Gasteiger partial charge in [-0.3, -0.25) is 4.79 Å². The van der Waals surface area contributed by atoms with E-state index in [0.29, 0.717) is 5.92 Å². The normalized spacial score (nSPS) is 27.1. The number of ether oxygens (including phenoxy) is 1. The van der Waals surface area contributed by atoms with Gasteiger partial charge in [-0.1, -0.05) is 6.92 Å². The van der Waals surface area contributed by atoms with Gasteiger partial charge in [-0.05, 0) is 39.0 Å². The molecule has 1 aliphatic carbocycles. The van der Waals surface area contributed by atoms with Crippen molar-refractivity contribution in [2.45, 2.75) is 57.8 Å². The molecule has 1 saturated carbocycles. The maximum absolute atomic E-state index is 11.9. The zero-order chi connectivity index (χ0) is 12.3. The topological polar surface area (TPSA) is 58.6 Å². The van der Waals surface area contributed by atoms with Crippen LogP contribution in [0.4, 0.5) is 0 Å². The number of hydrogen-bond acceptors (Lipinski definition) is 3. The van der Waals surface area contributed by atoms with Crippen LogP contribution < -0.4 is 5.32 Å². The zero-order valence-corrected chi connectivity index (χ0v) is 10.6. The van der Waals surface area contributed by atoms with E-state index < -0.39 is 5.60 Å². The summed E-state index contributed by atoms with van der Waals surface area (Å²) in [5.74, 6) is 0.333. The Bertz CT molecular complexity index is 247. The summed E-state index contributed by atoms with van der Waals surface area (Å²) < 4.78 is 5.14. The summed E-state index contributed by atoms with van der Waals surface area (Å²) in [6, 6.07) is 0.158. The molecule has 0 aromatic rings. The molecule has 0 radical (unpaired) electrons. The van der Waals surface area contributed by atoms with Crippen LogP contribution in [0.15, 0.2) is 0 Å². The highest BCUT2D eigenvalue weighted by Crippen LogP contribution is 2.31. The lowest BCUT2D eigenvalue weighted by Crippen LogP contribution is -2.52. The lowest BCUT2D eigenvalue weighted by molar-refractivity contribution is -0.141. The fourth-order valence-electron chi connectivity index (χ4n) is 1.95. The van der Waals surface area contributed by atoms with E-state index in [1.165, 1.54) is 7.11 Å². The van der Waals surface area contributed by atoms with E-state index in [4.69, 9.17) is 4.74 Å². The van der Waals surface area contributed by atoms with Gasteiger partial charge in [0.15, 0.2) is 0 Å². The summed E-state index contributed by atoms with van der Waals surface area (Å²) in [6.07, 6.45) is 2.31. The predicted octanol–water partition coefficient (Wildman–Crippen LogP) is 1.08. The number of hydrogen-bond donors (Lipinski definition) is 2. The molecule has 1 aliphatic rings. The maximum Gasteiger partial charge on any atom is 0.251 e.